The zero-order valence-corrected chi connectivity index (χ0v) is 9.47. The van der Waals surface area contributed by atoms with Crippen LogP contribution in [0.1, 0.15) is 6.92 Å². The number of rotatable bonds is 3. The van der Waals surface area contributed by atoms with Crippen molar-refractivity contribution in [2.45, 2.75) is 6.92 Å². The number of esters is 1. The first kappa shape index (κ1) is 13.7. The second-order valence-electron chi connectivity index (χ2n) is 2.80. The number of methoxy groups -OCH3 is 1. The van der Waals surface area contributed by atoms with Crippen molar-refractivity contribution in [2.24, 2.45) is 5.92 Å². The molecule has 1 aliphatic rings. The molecule has 0 bridgehead atoms. The van der Waals surface area contributed by atoms with Crippen molar-refractivity contribution in [3.8, 4) is 0 Å². The molecule has 1 unspecified atom stereocenters. The van der Waals surface area contributed by atoms with Crippen molar-refractivity contribution in [1.82, 2.24) is 0 Å². The molecule has 4 nitrogen and oxygen atoms in total. The Labute approximate surface area is 94.9 Å². The fraction of sp³-hybridized carbons (Fsp3) is 0.400. The Hall–Kier alpha value is -1.29. The van der Waals surface area contributed by atoms with Gasteiger partial charge < -0.3 is 14.9 Å². The summed E-state index contributed by atoms with van der Waals surface area (Å²) < 4.78 is 9.75. The number of hydrogen-bond acceptors (Lipinski definition) is 4. The highest BCUT2D eigenvalue weighted by Crippen LogP contribution is 2.15. The number of carbonyl (C=O) groups is 1. The van der Waals surface area contributed by atoms with Gasteiger partial charge in [0.15, 0.2) is 0 Å². The number of nitrogens with one attached hydrogen (secondary N) is 1. The lowest BCUT2D eigenvalue weighted by molar-refractivity contribution is -0.144. The van der Waals surface area contributed by atoms with Gasteiger partial charge in [-0.3, -0.25) is 4.79 Å². The average molecular weight is 232 g/mol. The van der Waals surface area contributed by atoms with Gasteiger partial charge >= 0.3 is 5.97 Å². The van der Waals surface area contributed by atoms with Gasteiger partial charge in [0.1, 0.15) is 11.7 Å². The third-order valence-corrected chi connectivity index (χ3v) is 1.86. The van der Waals surface area contributed by atoms with Gasteiger partial charge in [-0.1, -0.05) is 6.08 Å². The van der Waals surface area contributed by atoms with Crippen molar-refractivity contribution in [3.63, 3.8) is 0 Å². The van der Waals surface area contributed by atoms with Crippen LogP contribution < -0.4 is 0 Å². The van der Waals surface area contributed by atoms with Crippen molar-refractivity contribution >= 4 is 24.1 Å². The van der Waals surface area contributed by atoms with E-state index in [-0.39, 0.29) is 24.1 Å². The minimum atomic E-state index is -0.589. The van der Waals surface area contributed by atoms with Crippen molar-refractivity contribution in [2.75, 3.05) is 13.7 Å². The van der Waals surface area contributed by atoms with E-state index in [4.69, 9.17) is 14.9 Å². The van der Waals surface area contributed by atoms with E-state index in [1.165, 1.54) is 13.2 Å². The molecule has 0 aromatic carbocycles. The Balaban J connectivity index is 0.00000196. The summed E-state index contributed by atoms with van der Waals surface area (Å²) in [6, 6.07) is 0. The van der Waals surface area contributed by atoms with Gasteiger partial charge in [-0.05, 0) is 13.0 Å². The minimum absolute atomic E-state index is 0. The third kappa shape index (κ3) is 3.40. The summed E-state index contributed by atoms with van der Waals surface area (Å²) in [6.45, 7) is 2.07. The molecule has 0 fully saturated rings. The van der Waals surface area contributed by atoms with Gasteiger partial charge in [-0.15, -0.1) is 12.4 Å². The number of halogens is 1. The van der Waals surface area contributed by atoms with Crippen LogP contribution in [0.25, 0.3) is 0 Å². The summed E-state index contributed by atoms with van der Waals surface area (Å²) in [5, 5.41) is 7.58. The molecule has 0 spiro atoms. The average Bonchev–Trinajstić information content (AvgIpc) is 2.17. The van der Waals surface area contributed by atoms with Gasteiger partial charge in [-0.2, -0.15) is 0 Å². The molecule has 5 heteroatoms. The zero-order chi connectivity index (χ0) is 10.6. The van der Waals surface area contributed by atoms with E-state index in [1.54, 1.807) is 19.1 Å². The highest BCUT2D eigenvalue weighted by molar-refractivity contribution is 6.09. The highest BCUT2D eigenvalue weighted by atomic mass is 35.5. The smallest absolute Gasteiger partial charge is 0.318 e. The minimum Gasteiger partial charge on any atom is -0.497 e. The van der Waals surface area contributed by atoms with Crippen LogP contribution >= 0.6 is 12.4 Å². The Morgan fingerprint density at radius 1 is 1.60 bits per heavy atom. The Morgan fingerprint density at radius 2 is 2.27 bits per heavy atom. The molecule has 1 rings (SSSR count). The molecule has 0 aromatic rings. The Morgan fingerprint density at radius 3 is 2.73 bits per heavy atom. The lowest BCUT2D eigenvalue weighted by atomic mass is 9.98. The summed E-state index contributed by atoms with van der Waals surface area (Å²) in [4.78, 5) is 11.3. The molecule has 1 atom stereocenters. The molecule has 0 aromatic heterocycles. The third-order valence-electron chi connectivity index (χ3n) is 1.86. The summed E-state index contributed by atoms with van der Waals surface area (Å²) in [5.74, 6) is -0.399. The quantitative estimate of drug-likeness (QED) is 0.753. The van der Waals surface area contributed by atoms with Crippen LogP contribution in [0.2, 0.25) is 0 Å². The van der Waals surface area contributed by atoms with Crippen LogP contribution in [-0.2, 0) is 14.3 Å². The first-order valence-corrected chi connectivity index (χ1v) is 4.38. The predicted molar refractivity (Wildman–Crippen MR) is 59.3 cm³/mol. The fourth-order valence-corrected chi connectivity index (χ4v) is 1.15. The maximum atomic E-state index is 11.3. The van der Waals surface area contributed by atoms with E-state index in [9.17, 15) is 4.79 Å². The molecule has 1 aliphatic carbocycles. The number of hydrogen-bond donors (Lipinski definition) is 1. The van der Waals surface area contributed by atoms with E-state index in [1.807, 2.05) is 0 Å². The molecule has 84 valence electrons. The maximum Gasteiger partial charge on any atom is 0.318 e. The van der Waals surface area contributed by atoms with Crippen LogP contribution in [0.15, 0.2) is 24.0 Å². The molecular formula is C10H14ClNO3. The summed E-state index contributed by atoms with van der Waals surface area (Å²) in [5.41, 5.74) is 0.197. The van der Waals surface area contributed by atoms with E-state index in [2.05, 4.69) is 0 Å². The van der Waals surface area contributed by atoms with Crippen LogP contribution in [0, 0.1) is 11.3 Å². The maximum absolute atomic E-state index is 11.3. The molecule has 1 N–H and O–H groups in total. The first-order valence-electron chi connectivity index (χ1n) is 4.38. The monoisotopic (exact) mass is 231 g/mol. The first-order chi connectivity index (χ1) is 6.69. The normalized spacial score (nSPS) is 18.9. The van der Waals surface area contributed by atoms with Gasteiger partial charge in [0.05, 0.1) is 19.4 Å². The van der Waals surface area contributed by atoms with Crippen molar-refractivity contribution < 1.29 is 14.3 Å². The van der Waals surface area contributed by atoms with Crippen molar-refractivity contribution in [3.05, 3.63) is 24.0 Å². The Bertz CT molecular complexity index is 310. The molecule has 0 aliphatic heterocycles. The fourth-order valence-electron chi connectivity index (χ4n) is 1.15. The second-order valence-corrected chi connectivity index (χ2v) is 2.80. The standard InChI is InChI=1S/C10H13NO3.ClH/c1-3-14-10(12)8-5-4-7(13-2)6-9(8)11;/h4-6,8,11H,3H2,1-2H3;1H. The number of ether oxygens (including phenoxy) is 2. The van der Waals surface area contributed by atoms with Gasteiger partial charge in [-0.25, -0.2) is 0 Å². The molecule has 0 saturated carbocycles. The van der Waals surface area contributed by atoms with E-state index in [0.717, 1.165) is 0 Å². The van der Waals surface area contributed by atoms with E-state index < -0.39 is 5.92 Å². The molecular weight excluding hydrogens is 218 g/mol. The number of carbonyl (C=O) groups excluding carboxylic acids is 1. The van der Waals surface area contributed by atoms with Gasteiger partial charge in [0, 0.05) is 6.08 Å². The zero-order valence-electron chi connectivity index (χ0n) is 8.65. The van der Waals surface area contributed by atoms with Crippen LogP contribution in [0.4, 0.5) is 0 Å². The molecule has 0 amide bonds. The lowest BCUT2D eigenvalue weighted by Gasteiger charge is -2.15. The van der Waals surface area contributed by atoms with E-state index in [0.29, 0.717) is 12.4 Å². The molecule has 0 heterocycles. The summed E-state index contributed by atoms with van der Waals surface area (Å²) in [7, 11) is 1.52. The lowest BCUT2D eigenvalue weighted by Crippen LogP contribution is -2.24. The molecule has 0 radical (unpaired) electrons. The van der Waals surface area contributed by atoms with Crippen molar-refractivity contribution in [1.29, 1.82) is 5.41 Å². The van der Waals surface area contributed by atoms with Crippen LogP contribution in [-0.4, -0.2) is 25.4 Å². The molecule has 15 heavy (non-hydrogen) atoms. The second kappa shape index (κ2) is 6.24. The largest absolute Gasteiger partial charge is 0.497 e. The predicted octanol–water partition coefficient (Wildman–Crippen LogP) is 1.71. The van der Waals surface area contributed by atoms with E-state index >= 15 is 0 Å². The summed E-state index contributed by atoms with van der Waals surface area (Å²) in [6.07, 6.45) is 4.79. The SMILES string of the molecule is CCOC(=O)C1C=CC(OC)=CC1=N.Cl. The molecule has 0 saturated heterocycles. The van der Waals surface area contributed by atoms with Crippen LogP contribution in [0.3, 0.4) is 0 Å². The number of allylic oxidation sites excluding steroid dienone is 2. The van der Waals surface area contributed by atoms with Crippen LogP contribution in [0.5, 0.6) is 0 Å². The summed E-state index contributed by atoms with van der Waals surface area (Å²) >= 11 is 0. The van der Waals surface area contributed by atoms with Gasteiger partial charge in [0.25, 0.3) is 0 Å². The topological polar surface area (TPSA) is 59.4 Å². The highest BCUT2D eigenvalue weighted by Gasteiger charge is 2.23. The van der Waals surface area contributed by atoms with Gasteiger partial charge in [0.2, 0.25) is 0 Å². The Kier molecular flexibility index (Phi) is 5.70.